The highest BCUT2D eigenvalue weighted by Gasteiger charge is 1.98. The number of methoxy groups -OCH3 is 1. The molecule has 0 unspecified atom stereocenters. The largest absolute Gasteiger partial charge is 0.497 e. The van der Waals surface area contributed by atoms with Gasteiger partial charge in [0.05, 0.1) is 7.11 Å². The summed E-state index contributed by atoms with van der Waals surface area (Å²) in [5.41, 5.74) is 2.34. The third-order valence-electron chi connectivity index (χ3n) is 2.27. The molecule has 0 aliphatic rings. The Morgan fingerprint density at radius 3 is 2.27 bits per heavy atom. The lowest BCUT2D eigenvalue weighted by molar-refractivity contribution is 0.415. The molecule has 0 N–H and O–H groups in total. The van der Waals surface area contributed by atoms with Gasteiger partial charge in [-0.05, 0) is 35.4 Å². The van der Waals surface area contributed by atoms with Gasteiger partial charge in [0.25, 0.3) is 0 Å². The summed E-state index contributed by atoms with van der Waals surface area (Å²) in [5.74, 6) is 0.876. The van der Waals surface area contributed by atoms with E-state index in [1.54, 1.807) is 7.11 Å². The van der Waals surface area contributed by atoms with Gasteiger partial charge in [-0.15, -0.1) is 12.6 Å². The van der Waals surface area contributed by atoms with Crippen molar-refractivity contribution in [2.24, 2.45) is 0 Å². The van der Waals surface area contributed by atoms with Gasteiger partial charge >= 0.3 is 0 Å². The van der Waals surface area contributed by atoms with E-state index in [0.29, 0.717) is 0 Å². The first-order valence-corrected chi connectivity index (χ1v) is 5.18. The van der Waals surface area contributed by atoms with Gasteiger partial charge in [0, 0.05) is 4.90 Å². The SMILES string of the molecule is COc1ccc(-c2cccc(S)c2)cc1. The smallest absolute Gasteiger partial charge is 0.118 e. The van der Waals surface area contributed by atoms with Gasteiger partial charge in [0.1, 0.15) is 5.75 Å². The van der Waals surface area contributed by atoms with E-state index in [4.69, 9.17) is 4.74 Å². The van der Waals surface area contributed by atoms with Crippen LogP contribution >= 0.6 is 12.6 Å². The maximum atomic E-state index is 5.11. The van der Waals surface area contributed by atoms with E-state index >= 15 is 0 Å². The van der Waals surface area contributed by atoms with Crippen molar-refractivity contribution in [3.8, 4) is 16.9 Å². The zero-order valence-electron chi connectivity index (χ0n) is 8.47. The van der Waals surface area contributed by atoms with Gasteiger partial charge in [0.2, 0.25) is 0 Å². The van der Waals surface area contributed by atoms with Crippen LogP contribution in [0.4, 0.5) is 0 Å². The van der Waals surface area contributed by atoms with Crippen molar-refractivity contribution >= 4 is 12.6 Å². The van der Waals surface area contributed by atoms with E-state index in [9.17, 15) is 0 Å². The predicted molar refractivity (Wildman–Crippen MR) is 65.7 cm³/mol. The Bertz CT molecular complexity index is 448. The number of benzene rings is 2. The maximum Gasteiger partial charge on any atom is 0.118 e. The zero-order valence-corrected chi connectivity index (χ0v) is 9.37. The summed E-state index contributed by atoms with van der Waals surface area (Å²) in [4.78, 5) is 0.975. The third kappa shape index (κ3) is 2.34. The molecule has 0 aromatic heterocycles. The quantitative estimate of drug-likeness (QED) is 0.754. The van der Waals surface area contributed by atoms with Crippen LogP contribution in [0.2, 0.25) is 0 Å². The van der Waals surface area contributed by atoms with Crippen LogP contribution in [-0.2, 0) is 0 Å². The lowest BCUT2D eigenvalue weighted by Gasteiger charge is -2.04. The van der Waals surface area contributed by atoms with Crippen molar-refractivity contribution in [2.75, 3.05) is 7.11 Å². The van der Waals surface area contributed by atoms with E-state index in [0.717, 1.165) is 10.6 Å². The predicted octanol–water partition coefficient (Wildman–Crippen LogP) is 3.65. The van der Waals surface area contributed by atoms with Gasteiger partial charge in [-0.2, -0.15) is 0 Å². The van der Waals surface area contributed by atoms with Crippen LogP contribution in [0.5, 0.6) is 5.75 Å². The summed E-state index contributed by atoms with van der Waals surface area (Å²) in [6, 6.07) is 16.1. The highest BCUT2D eigenvalue weighted by Crippen LogP contribution is 2.23. The average molecular weight is 216 g/mol. The molecule has 0 aliphatic carbocycles. The van der Waals surface area contributed by atoms with Gasteiger partial charge in [0.15, 0.2) is 0 Å². The van der Waals surface area contributed by atoms with Crippen molar-refractivity contribution in [1.82, 2.24) is 0 Å². The summed E-state index contributed by atoms with van der Waals surface area (Å²) >= 11 is 4.32. The Hall–Kier alpha value is -1.41. The third-order valence-corrected chi connectivity index (χ3v) is 2.55. The van der Waals surface area contributed by atoms with Gasteiger partial charge in [-0.1, -0.05) is 24.3 Å². The fourth-order valence-corrected chi connectivity index (χ4v) is 1.69. The molecule has 0 amide bonds. The van der Waals surface area contributed by atoms with Crippen LogP contribution in [-0.4, -0.2) is 7.11 Å². The first kappa shape index (κ1) is 10.1. The lowest BCUT2D eigenvalue weighted by atomic mass is 10.1. The molecule has 0 aliphatic heterocycles. The second-order valence-electron chi connectivity index (χ2n) is 3.28. The molecule has 15 heavy (non-hydrogen) atoms. The molecular weight excluding hydrogens is 204 g/mol. The Morgan fingerprint density at radius 2 is 1.67 bits per heavy atom. The molecule has 0 spiro atoms. The van der Waals surface area contributed by atoms with E-state index < -0.39 is 0 Å². The Balaban J connectivity index is 2.37. The summed E-state index contributed by atoms with van der Waals surface area (Å²) in [7, 11) is 1.67. The normalized spacial score (nSPS) is 10.0. The van der Waals surface area contributed by atoms with Gasteiger partial charge in [-0.3, -0.25) is 0 Å². The molecular formula is C13H12OS. The van der Waals surface area contributed by atoms with Gasteiger partial charge in [-0.25, -0.2) is 0 Å². The highest BCUT2D eigenvalue weighted by atomic mass is 32.1. The second-order valence-corrected chi connectivity index (χ2v) is 3.80. The second kappa shape index (κ2) is 4.41. The molecule has 2 heteroatoms. The summed E-state index contributed by atoms with van der Waals surface area (Å²) in [5, 5.41) is 0. The van der Waals surface area contributed by atoms with Crippen molar-refractivity contribution in [3.05, 3.63) is 48.5 Å². The molecule has 0 fully saturated rings. The summed E-state index contributed by atoms with van der Waals surface area (Å²) in [6.07, 6.45) is 0. The topological polar surface area (TPSA) is 9.23 Å². The molecule has 2 aromatic carbocycles. The number of hydrogen-bond acceptors (Lipinski definition) is 2. The molecule has 0 bridgehead atoms. The summed E-state index contributed by atoms with van der Waals surface area (Å²) in [6.45, 7) is 0. The van der Waals surface area contributed by atoms with Crippen molar-refractivity contribution in [3.63, 3.8) is 0 Å². The molecule has 0 heterocycles. The Morgan fingerprint density at radius 1 is 0.933 bits per heavy atom. The molecule has 2 aromatic rings. The molecule has 0 atom stereocenters. The van der Waals surface area contributed by atoms with Crippen molar-refractivity contribution < 1.29 is 4.74 Å². The number of ether oxygens (including phenoxy) is 1. The minimum absolute atomic E-state index is 0.876. The fraction of sp³-hybridized carbons (Fsp3) is 0.0769. The minimum Gasteiger partial charge on any atom is -0.497 e. The first-order valence-electron chi connectivity index (χ1n) is 4.73. The monoisotopic (exact) mass is 216 g/mol. The maximum absolute atomic E-state index is 5.11. The minimum atomic E-state index is 0.876. The molecule has 2 rings (SSSR count). The highest BCUT2D eigenvalue weighted by molar-refractivity contribution is 7.80. The number of thiol groups is 1. The number of hydrogen-bond donors (Lipinski definition) is 1. The van der Waals surface area contributed by atoms with Crippen LogP contribution in [0.25, 0.3) is 11.1 Å². The van der Waals surface area contributed by atoms with Gasteiger partial charge < -0.3 is 4.74 Å². The van der Waals surface area contributed by atoms with Crippen molar-refractivity contribution in [2.45, 2.75) is 4.90 Å². The van der Waals surface area contributed by atoms with E-state index in [1.165, 1.54) is 11.1 Å². The fourth-order valence-electron chi connectivity index (χ4n) is 1.47. The molecule has 0 saturated heterocycles. The zero-order chi connectivity index (χ0) is 10.7. The van der Waals surface area contributed by atoms with Crippen LogP contribution in [0.1, 0.15) is 0 Å². The standard InChI is InChI=1S/C13H12OS/c1-14-12-7-5-10(6-8-12)11-3-2-4-13(15)9-11/h2-9,15H,1H3. The molecule has 0 radical (unpaired) electrons. The van der Waals surface area contributed by atoms with E-state index in [-0.39, 0.29) is 0 Å². The number of rotatable bonds is 2. The van der Waals surface area contributed by atoms with Crippen LogP contribution in [0.15, 0.2) is 53.4 Å². The lowest BCUT2D eigenvalue weighted by Crippen LogP contribution is -1.82. The van der Waals surface area contributed by atoms with Crippen molar-refractivity contribution in [1.29, 1.82) is 0 Å². The van der Waals surface area contributed by atoms with E-state index in [1.807, 2.05) is 42.5 Å². The van der Waals surface area contributed by atoms with Crippen LogP contribution in [0, 0.1) is 0 Å². The molecule has 0 saturated carbocycles. The molecule has 1 nitrogen and oxygen atoms in total. The Labute approximate surface area is 95.1 Å². The van der Waals surface area contributed by atoms with Crippen LogP contribution in [0.3, 0.4) is 0 Å². The Kier molecular flexibility index (Phi) is 2.97. The average Bonchev–Trinajstić information content (AvgIpc) is 2.29. The van der Waals surface area contributed by atoms with Crippen LogP contribution < -0.4 is 4.74 Å². The van der Waals surface area contributed by atoms with E-state index in [2.05, 4.69) is 18.7 Å². The molecule has 76 valence electrons. The summed E-state index contributed by atoms with van der Waals surface area (Å²) < 4.78 is 5.11. The first-order chi connectivity index (χ1) is 7.29.